The summed E-state index contributed by atoms with van der Waals surface area (Å²) < 4.78 is 0. The second-order valence-electron chi connectivity index (χ2n) is 4.90. The van der Waals surface area contributed by atoms with Gasteiger partial charge in [0.15, 0.2) is 0 Å². The van der Waals surface area contributed by atoms with E-state index in [-0.39, 0.29) is 88.7 Å². The molecule has 0 saturated heterocycles. The smallest absolute Gasteiger partial charge is 0.550 e. The minimum Gasteiger partial charge on any atom is -0.550 e. The molecule has 0 bridgehead atoms. The maximum atomic E-state index is 10.1. The monoisotopic (exact) mass is 440 g/mol. The summed E-state index contributed by atoms with van der Waals surface area (Å²) in [4.78, 5) is 30.0. The van der Waals surface area contributed by atoms with Crippen LogP contribution in [0.15, 0.2) is 0 Å². The van der Waals surface area contributed by atoms with Crippen molar-refractivity contribution in [1.29, 1.82) is 0 Å². The molecule has 0 aliphatic rings. The van der Waals surface area contributed by atoms with Crippen molar-refractivity contribution in [2.24, 2.45) is 0 Å². The van der Waals surface area contributed by atoms with Gasteiger partial charge in [-0.05, 0) is 0 Å². The van der Waals surface area contributed by atoms with Crippen molar-refractivity contribution in [2.75, 3.05) is 13.2 Å². The molecule has 7 N–H and O–H groups in total. The number of rotatable bonds is 10. The molecule has 0 rings (SSSR count). The third kappa shape index (κ3) is 16.9. The first kappa shape index (κ1) is 39.6. The first-order valence-electron chi connectivity index (χ1n) is 6.59. The van der Waals surface area contributed by atoms with Gasteiger partial charge in [-0.3, -0.25) is 0 Å². The maximum Gasteiger partial charge on any atom is 1.00 e. The fourth-order valence-electron chi connectivity index (χ4n) is 1.36. The van der Waals surface area contributed by atoms with E-state index in [1.54, 1.807) is 0 Å². The van der Waals surface area contributed by atoms with Crippen LogP contribution in [-0.4, -0.2) is 96.9 Å². The predicted octanol–water partition coefficient (Wildman–Crippen LogP) is -17.8. The maximum absolute atomic E-state index is 10.1. The zero-order valence-corrected chi connectivity index (χ0v) is 21.7. The number of carboxylic acids is 3. The van der Waals surface area contributed by atoms with Gasteiger partial charge in [-0.1, -0.05) is 0 Å². The van der Waals surface area contributed by atoms with Gasteiger partial charge in [-0.25, -0.2) is 0 Å². The average Bonchev–Trinajstić information content (AvgIpc) is 2.50. The van der Waals surface area contributed by atoms with E-state index < -0.39 is 74.0 Å². The number of carbonyl (C=O) groups excluding carboxylic acids is 3. The molecule has 0 aromatic heterocycles. The summed E-state index contributed by atoms with van der Waals surface area (Å²) in [5.74, 6) is -5.98. The molecule has 0 aromatic carbocycles. The van der Waals surface area contributed by atoms with E-state index in [1.165, 1.54) is 0 Å². The minimum atomic E-state index is -2.97. The van der Waals surface area contributed by atoms with Gasteiger partial charge in [-0.2, -0.15) is 0 Å². The van der Waals surface area contributed by atoms with E-state index in [2.05, 4.69) is 0 Å². The molecule has 0 saturated carbocycles. The van der Waals surface area contributed by atoms with E-state index in [9.17, 15) is 29.7 Å². The van der Waals surface area contributed by atoms with Crippen LogP contribution >= 0.6 is 0 Å². The summed E-state index contributed by atoms with van der Waals surface area (Å²) in [5.41, 5.74) is -2.97. The molecule has 0 amide bonds. The molecule has 0 unspecified atom stereocenters. The molecule has 0 spiro atoms. The molecule has 0 radical (unpaired) electrons. The summed E-state index contributed by atoms with van der Waals surface area (Å²) in [6.07, 6.45) is -9.11. The normalized spacial score (nSPS) is 14.2. The van der Waals surface area contributed by atoms with Gasteiger partial charge in [-0.15, -0.1) is 0 Å². The van der Waals surface area contributed by atoms with Crippen LogP contribution in [0.2, 0.25) is 0 Å². The fourth-order valence-corrected chi connectivity index (χ4v) is 1.36. The average molecular weight is 440 g/mol. The number of aliphatic carboxylic acids is 3. The molecule has 28 heavy (non-hydrogen) atoms. The van der Waals surface area contributed by atoms with Crippen molar-refractivity contribution in [2.45, 2.75) is 42.9 Å². The van der Waals surface area contributed by atoms with E-state index in [0.717, 1.165) is 0 Å². The van der Waals surface area contributed by atoms with Crippen LogP contribution in [-0.2, 0) is 14.4 Å². The van der Waals surface area contributed by atoms with Crippen LogP contribution in [0.1, 0.15) is 12.8 Å². The van der Waals surface area contributed by atoms with Crippen molar-refractivity contribution in [1.82, 2.24) is 0 Å². The quantitative estimate of drug-likeness (QED) is 0.156. The van der Waals surface area contributed by atoms with E-state index in [1.807, 2.05) is 0 Å². The van der Waals surface area contributed by atoms with Crippen LogP contribution in [0.25, 0.3) is 0 Å². The van der Waals surface area contributed by atoms with Crippen molar-refractivity contribution < 1.29 is 154 Å². The Morgan fingerprint density at radius 1 is 0.714 bits per heavy atom. The second kappa shape index (κ2) is 20.1. The summed E-state index contributed by atoms with van der Waals surface area (Å²) in [5, 5.41) is 91.1. The third-order valence-electron chi connectivity index (χ3n) is 2.77. The first-order valence-corrected chi connectivity index (χ1v) is 6.59. The van der Waals surface area contributed by atoms with Crippen molar-refractivity contribution in [3.8, 4) is 0 Å². The van der Waals surface area contributed by atoms with Gasteiger partial charge in [0.2, 0.25) is 0 Å². The zero-order valence-electron chi connectivity index (χ0n) is 15.7. The largest absolute Gasteiger partial charge is 1.00 e. The number of aliphatic hydroxyl groups is 7. The van der Waals surface area contributed by atoms with E-state index in [4.69, 9.17) is 35.7 Å². The van der Waals surface area contributed by atoms with E-state index in [0.29, 0.717) is 0 Å². The molecule has 148 valence electrons. The Labute approximate surface area is 225 Å². The SMILES string of the molecule is O=C([O-])CC(O)(CC(=O)[O-])C(=O)[O-].OC[C@@H](O)[C@@H](O)[C@H](O)[C@@H](O)CO.[Na+].[Na+].[Na+]. The minimum absolute atomic E-state index is 0. The Hall–Kier alpha value is 1.13. The topological polar surface area (TPSA) is 262 Å². The van der Waals surface area contributed by atoms with Gasteiger partial charge in [0.05, 0.1) is 19.2 Å². The van der Waals surface area contributed by atoms with Crippen LogP contribution in [0.5, 0.6) is 0 Å². The Kier molecular flexibility index (Phi) is 28.4. The summed E-state index contributed by atoms with van der Waals surface area (Å²) >= 11 is 0. The number of carboxylic acid groups (broad SMARTS) is 3. The van der Waals surface area contributed by atoms with Gasteiger partial charge in [0, 0.05) is 24.8 Å². The van der Waals surface area contributed by atoms with Crippen molar-refractivity contribution in [3.63, 3.8) is 0 Å². The predicted molar refractivity (Wildman–Crippen MR) is 67.4 cm³/mol. The van der Waals surface area contributed by atoms with Gasteiger partial charge in [0.25, 0.3) is 0 Å². The number of aliphatic hydroxyl groups excluding tert-OH is 6. The molecule has 16 heteroatoms. The standard InChI is InChI=1S/C6H8O7.C6H14O6.3Na/c7-3(8)1-6(13,5(11)12)2-4(9)10;7-1-3(9)5(11)6(12)4(10)2-8;;;/h13H,1-2H2,(H,7,8)(H,9,10)(H,11,12);3-12H,1-2H2;;;/q;;3*+1/p-3/t;3-,4+,5-,6-;;;/m.1.../s1. The molecule has 0 heterocycles. The molecule has 0 aliphatic carbocycles. The molecule has 0 fully saturated rings. The number of carbonyl (C=O) groups is 3. The molecule has 13 nitrogen and oxygen atoms in total. The van der Waals surface area contributed by atoms with Crippen LogP contribution in [0.4, 0.5) is 0 Å². The van der Waals surface area contributed by atoms with Gasteiger partial charge in [0.1, 0.15) is 30.0 Å². The third-order valence-corrected chi connectivity index (χ3v) is 2.77. The van der Waals surface area contributed by atoms with Crippen molar-refractivity contribution in [3.05, 3.63) is 0 Å². The Balaban J connectivity index is -0.000000114. The van der Waals surface area contributed by atoms with Crippen LogP contribution in [0.3, 0.4) is 0 Å². The summed E-state index contributed by atoms with van der Waals surface area (Å²) in [6, 6.07) is 0. The first-order chi connectivity index (χ1) is 11.3. The molecular weight excluding hydrogens is 421 g/mol. The molecule has 0 aromatic rings. The summed E-state index contributed by atoms with van der Waals surface area (Å²) in [7, 11) is 0. The Morgan fingerprint density at radius 2 is 0.964 bits per heavy atom. The second-order valence-corrected chi connectivity index (χ2v) is 4.90. The molecule has 0 aliphatic heterocycles. The zero-order chi connectivity index (χ0) is 20.4. The van der Waals surface area contributed by atoms with Crippen molar-refractivity contribution >= 4 is 17.9 Å². The molecular formula is C12H19Na3O13. The van der Waals surface area contributed by atoms with Crippen LogP contribution in [0, 0.1) is 0 Å². The van der Waals surface area contributed by atoms with Gasteiger partial charge < -0.3 is 65.4 Å². The Bertz CT molecular complexity index is 420. The van der Waals surface area contributed by atoms with Gasteiger partial charge >= 0.3 is 88.7 Å². The summed E-state index contributed by atoms with van der Waals surface area (Å²) in [6.45, 7) is -1.45. The van der Waals surface area contributed by atoms with Crippen LogP contribution < -0.4 is 104 Å². The fraction of sp³-hybridized carbons (Fsp3) is 0.750. The van der Waals surface area contributed by atoms with E-state index >= 15 is 0 Å². The Morgan fingerprint density at radius 3 is 1.11 bits per heavy atom. The molecule has 4 atom stereocenters. The number of hydrogen-bond donors (Lipinski definition) is 7. The number of hydrogen-bond acceptors (Lipinski definition) is 13.